The number of aryl methyl sites for hydroxylation is 1. The molecule has 0 aromatic heterocycles. The molecule has 1 aliphatic rings. The maximum atomic E-state index is 13.4. The Morgan fingerprint density at radius 2 is 2.20 bits per heavy atom. The van der Waals surface area contributed by atoms with Gasteiger partial charge in [0.05, 0.1) is 4.90 Å². The van der Waals surface area contributed by atoms with Gasteiger partial charge in [0.1, 0.15) is 5.82 Å². The molecule has 0 aliphatic carbocycles. The SMILES string of the molecule is Cc1ccc(F)cc1S(=O)(=O)N1CCCC1CCCCl. The van der Waals surface area contributed by atoms with Crippen LogP contribution in [0.1, 0.15) is 31.2 Å². The van der Waals surface area contributed by atoms with Gasteiger partial charge in [-0.3, -0.25) is 0 Å². The van der Waals surface area contributed by atoms with Crippen molar-refractivity contribution in [1.82, 2.24) is 4.31 Å². The molecular formula is C14H19ClFNO2S. The van der Waals surface area contributed by atoms with E-state index < -0.39 is 15.8 Å². The summed E-state index contributed by atoms with van der Waals surface area (Å²) in [4.78, 5) is 0.0790. The molecule has 2 rings (SSSR count). The minimum absolute atomic E-state index is 0.0126. The van der Waals surface area contributed by atoms with E-state index in [1.807, 2.05) is 0 Å². The van der Waals surface area contributed by atoms with Gasteiger partial charge in [-0.05, 0) is 50.3 Å². The summed E-state index contributed by atoms with van der Waals surface area (Å²) >= 11 is 5.69. The zero-order valence-electron chi connectivity index (χ0n) is 11.5. The van der Waals surface area contributed by atoms with Crippen LogP contribution in [0.3, 0.4) is 0 Å². The fourth-order valence-corrected chi connectivity index (χ4v) is 4.82. The standard InChI is InChI=1S/C14H19ClFNO2S/c1-11-6-7-12(16)10-14(11)20(18,19)17-9-3-5-13(17)4-2-8-15/h6-7,10,13H,2-5,8-9H2,1H3. The molecule has 1 aliphatic heterocycles. The van der Waals surface area contributed by atoms with Crippen LogP contribution in [0, 0.1) is 12.7 Å². The third-order valence-corrected chi connectivity index (χ3v) is 6.09. The topological polar surface area (TPSA) is 37.4 Å². The van der Waals surface area contributed by atoms with E-state index in [4.69, 9.17) is 11.6 Å². The number of nitrogens with zero attached hydrogens (tertiary/aromatic N) is 1. The number of sulfonamides is 1. The first-order valence-corrected chi connectivity index (χ1v) is 8.78. The molecule has 1 saturated heterocycles. The van der Waals surface area contributed by atoms with E-state index in [1.165, 1.54) is 16.4 Å². The summed E-state index contributed by atoms with van der Waals surface area (Å²) in [7, 11) is -3.62. The molecule has 0 saturated carbocycles. The van der Waals surface area contributed by atoms with Gasteiger partial charge in [0.15, 0.2) is 0 Å². The Labute approximate surface area is 124 Å². The van der Waals surface area contributed by atoms with Crippen LogP contribution in [0.4, 0.5) is 4.39 Å². The molecule has 20 heavy (non-hydrogen) atoms. The molecule has 0 N–H and O–H groups in total. The van der Waals surface area contributed by atoms with Gasteiger partial charge in [0.25, 0.3) is 0 Å². The number of hydrogen-bond acceptors (Lipinski definition) is 2. The normalized spacial score (nSPS) is 20.4. The van der Waals surface area contributed by atoms with Gasteiger partial charge in [-0.1, -0.05) is 6.07 Å². The Kier molecular flexibility index (Phi) is 5.04. The van der Waals surface area contributed by atoms with Crippen LogP contribution in [0.25, 0.3) is 0 Å². The van der Waals surface area contributed by atoms with E-state index >= 15 is 0 Å². The van der Waals surface area contributed by atoms with Gasteiger partial charge in [-0.15, -0.1) is 11.6 Å². The summed E-state index contributed by atoms with van der Waals surface area (Å²) < 4.78 is 40.3. The molecule has 1 aromatic carbocycles. The van der Waals surface area contributed by atoms with E-state index in [0.29, 0.717) is 18.0 Å². The van der Waals surface area contributed by atoms with Crippen LogP contribution in [0.5, 0.6) is 0 Å². The molecule has 3 nitrogen and oxygen atoms in total. The van der Waals surface area contributed by atoms with Crippen molar-refractivity contribution in [2.75, 3.05) is 12.4 Å². The zero-order chi connectivity index (χ0) is 14.8. The monoisotopic (exact) mass is 319 g/mol. The largest absolute Gasteiger partial charge is 0.243 e. The smallest absolute Gasteiger partial charge is 0.207 e. The number of rotatable bonds is 5. The molecule has 6 heteroatoms. The van der Waals surface area contributed by atoms with Crippen molar-refractivity contribution >= 4 is 21.6 Å². The maximum Gasteiger partial charge on any atom is 0.243 e. The zero-order valence-corrected chi connectivity index (χ0v) is 13.1. The number of alkyl halides is 1. The fourth-order valence-electron chi connectivity index (χ4n) is 2.71. The van der Waals surface area contributed by atoms with E-state index in [-0.39, 0.29) is 10.9 Å². The molecule has 1 aromatic rings. The molecular weight excluding hydrogens is 301 g/mol. The first-order chi connectivity index (χ1) is 9.46. The van der Waals surface area contributed by atoms with E-state index in [2.05, 4.69) is 0 Å². The Hall–Kier alpha value is -0.650. The first kappa shape index (κ1) is 15.7. The van der Waals surface area contributed by atoms with Crippen molar-refractivity contribution in [1.29, 1.82) is 0 Å². The molecule has 0 bridgehead atoms. The van der Waals surface area contributed by atoms with Gasteiger partial charge in [0.2, 0.25) is 10.0 Å². The highest BCUT2D eigenvalue weighted by Crippen LogP contribution is 2.30. The predicted molar refractivity (Wildman–Crippen MR) is 78.0 cm³/mol. The summed E-state index contributed by atoms with van der Waals surface area (Å²) in [6.45, 7) is 2.20. The molecule has 1 unspecified atom stereocenters. The van der Waals surface area contributed by atoms with Crippen molar-refractivity contribution in [2.24, 2.45) is 0 Å². The van der Waals surface area contributed by atoms with E-state index in [9.17, 15) is 12.8 Å². The van der Waals surface area contributed by atoms with Gasteiger partial charge < -0.3 is 0 Å². The summed E-state index contributed by atoms with van der Waals surface area (Å²) in [5, 5.41) is 0. The van der Waals surface area contributed by atoms with Crippen molar-refractivity contribution in [2.45, 2.75) is 43.5 Å². The molecule has 1 fully saturated rings. The molecule has 0 radical (unpaired) electrons. The van der Waals surface area contributed by atoms with Crippen LogP contribution in [0.2, 0.25) is 0 Å². The molecule has 0 spiro atoms. The van der Waals surface area contributed by atoms with Crippen molar-refractivity contribution < 1.29 is 12.8 Å². The Bertz CT molecular complexity index is 577. The third-order valence-electron chi connectivity index (χ3n) is 3.73. The van der Waals surface area contributed by atoms with Crippen LogP contribution in [0.15, 0.2) is 23.1 Å². The predicted octanol–water partition coefficient (Wildman–Crippen LogP) is 3.31. The molecule has 1 atom stereocenters. The van der Waals surface area contributed by atoms with Gasteiger partial charge in [0, 0.05) is 18.5 Å². The Balaban J connectivity index is 2.31. The van der Waals surface area contributed by atoms with Crippen LogP contribution >= 0.6 is 11.6 Å². The summed E-state index contributed by atoms with van der Waals surface area (Å²) in [6, 6.07) is 3.89. The van der Waals surface area contributed by atoms with Gasteiger partial charge in [-0.25, -0.2) is 12.8 Å². The van der Waals surface area contributed by atoms with Gasteiger partial charge in [-0.2, -0.15) is 4.31 Å². The van der Waals surface area contributed by atoms with Crippen LogP contribution < -0.4 is 0 Å². The number of benzene rings is 1. The number of hydrogen-bond donors (Lipinski definition) is 0. The minimum atomic E-state index is -3.62. The second kappa shape index (κ2) is 6.41. The summed E-state index contributed by atoms with van der Waals surface area (Å²) in [5.41, 5.74) is 0.578. The highest BCUT2D eigenvalue weighted by Gasteiger charge is 2.35. The van der Waals surface area contributed by atoms with Crippen molar-refractivity contribution in [3.05, 3.63) is 29.6 Å². The lowest BCUT2D eigenvalue weighted by atomic mass is 10.1. The lowest BCUT2D eigenvalue weighted by molar-refractivity contribution is 0.368. The van der Waals surface area contributed by atoms with Crippen molar-refractivity contribution in [3.63, 3.8) is 0 Å². The van der Waals surface area contributed by atoms with E-state index in [1.54, 1.807) is 6.92 Å². The molecule has 112 valence electrons. The average Bonchev–Trinajstić information content (AvgIpc) is 2.88. The minimum Gasteiger partial charge on any atom is -0.207 e. The Morgan fingerprint density at radius 3 is 2.90 bits per heavy atom. The lowest BCUT2D eigenvalue weighted by Crippen LogP contribution is -2.36. The highest BCUT2D eigenvalue weighted by molar-refractivity contribution is 7.89. The Morgan fingerprint density at radius 1 is 1.45 bits per heavy atom. The first-order valence-electron chi connectivity index (χ1n) is 6.81. The molecule has 0 amide bonds. The highest BCUT2D eigenvalue weighted by atomic mass is 35.5. The quantitative estimate of drug-likeness (QED) is 0.781. The summed E-state index contributed by atoms with van der Waals surface area (Å²) in [5.74, 6) is 0.00861. The summed E-state index contributed by atoms with van der Waals surface area (Å²) in [6.07, 6.45) is 3.25. The average molecular weight is 320 g/mol. The third kappa shape index (κ3) is 3.15. The maximum absolute atomic E-state index is 13.4. The second-order valence-electron chi connectivity index (χ2n) is 5.15. The van der Waals surface area contributed by atoms with Crippen LogP contribution in [-0.2, 0) is 10.0 Å². The molecule has 1 heterocycles. The second-order valence-corrected chi connectivity index (χ2v) is 7.39. The number of halogens is 2. The fraction of sp³-hybridized carbons (Fsp3) is 0.571. The van der Waals surface area contributed by atoms with Crippen molar-refractivity contribution in [3.8, 4) is 0 Å². The van der Waals surface area contributed by atoms with Crippen LogP contribution in [-0.4, -0.2) is 31.2 Å². The van der Waals surface area contributed by atoms with Gasteiger partial charge >= 0.3 is 0 Å². The van der Waals surface area contributed by atoms with E-state index in [0.717, 1.165) is 31.7 Å². The lowest BCUT2D eigenvalue weighted by Gasteiger charge is -2.24.